The molecule has 2 heterocycles. The molecule has 22 heavy (non-hydrogen) atoms. The van der Waals surface area contributed by atoms with Crippen LogP contribution in [0.3, 0.4) is 0 Å². The standard InChI is InChI=1S/C17H19N3OS/c1-2-18-8-6-16(13-7-9-22-11-13)21-17-5-3-4-15-14(17)10-19-12-20-15/h3-5,7,9-12,16,18H,2,6,8H2,1H3. The van der Waals surface area contributed by atoms with Crippen molar-refractivity contribution in [1.82, 2.24) is 15.3 Å². The summed E-state index contributed by atoms with van der Waals surface area (Å²) in [5.74, 6) is 0.839. The van der Waals surface area contributed by atoms with Crippen molar-refractivity contribution in [2.75, 3.05) is 13.1 Å². The predicted octanol–water partition coefficient (Wildman–Crippen LogP) is 3.81. The molecule has 4 nitrogen and oxygen atoms in total. The van der Waals surface area contributed by atoms with E-state index in [-0.39, 0.29) is 6.10 Å². The molecule has 1 aromatic carbocycles. The van der Waals surface area contributed by atoms with Crippen LogP contribution in [-0.2, 0) is 0 Å². The number of rotatable bonds is 7. The van der Waals surface area contributed by atoms with Gasteiger partial charge in [0, 0.05) is 18.2 Å². The smallest absolute Gasteiger partial charge is 0.131 e. The molecule has 0 bridgehead atoms. The number of fused-ring (bicyclic) bond motifs is 1. The van der Waals surface area contributed by atoms with Crippen LogP contribution in [0.4, 0.5) is 0 Å². The predicted molar refractivity (Wildman–Crippen MR) is 90.4 cm³/mol. The Hall–Kier alpha value is -1.98. The van der Waals surface area contributed by atoms with Gasteiger partial charge in [0.2, 0.25) is 0 Å². The number of nitrogens with zero attached hydrogens (tertiary/aromatic N) is 2. The summed E-state index contributed by atoms with van der Waals surface area (Å²) < 4.78 is 6.31. The normalized spacial score (nSPS) is 12.4. The second-order valence-electron chi connectivity index (χ2n) is 5.02. The maximum Gasteiger partial charge on any atom is 0.131 e. The highest BCUT2D eigenvalue weighted by molar-refractivity contribution is 7.07. The molecule has 0 amide bonds. The van der Waals surface area contributed by atoms with Crippen molar-refractivity contribution in [2.24, 2.45) is 0 Å². The van der Waals surface area contributed by atoms with Gasteiger partial charge in [-0.1, -0.05) is 13.0 Å². The Balaban J connectivity index is 1.85. The van der Waals surface area contributed by atoms with Crippen LogP contribution in [-0.4, -0.2) is 23.1 Å². The summed E-state index contributed by atoms with van der Waals surface area (Å²) in [6.45, 7) is 4.01. The van der Waals surface area contributed by atoms with Crippen LogP contribution in [0.25, 0.3) is 10.9 Å². The minimum absolute atomic E-state index is 0.0381. The van der Waals surface area contributed by atoms with E-state index in [0.717, 1.165) is 36.2 Å². The first kappa shape index (κ1) is 14.9. The van der Waals surface area contributed by atoms with Crippen molar-refractivity contribution >= 4 is 22.2 Å². The summed E-state index contributed by atoms with van der Waals surface area (Å²) in [4.78, 5) is 8.40. The Bertz CT molecular complexity index is 710. The van der Waals surface area contributed by atoms with Crippen molar-refractivity contribution in [3.63, 3.8) is 0 Å². The van der Waals surface area contributed by atoms with Crippen LogP contribution in [0, 0.1) is 0 Å². The van der Waals surface area contributed by atoms with E-state index in [0.29, 0.717) is 0 Å². The molecule has 0 aliphatic heterocycles. The summed E-state index contributed by atoms with van der Waals surface area (Å²) in [5.41, 5.74) is 2.13. The molecule has 0 spiro atoms. The third-order valence-corrected chi connectivity index (χ3v) is 4.23. The lowest BCUT2D eigenvalue weighted by atomic mass is 10.1. The lowest BCUT2D eigenvalue weighted by Gasteiger charge is -2.19. The Kier molecular flexibility index (Phi) is 4.98. The number of aromatic nitrogens is 2. The average Bonchev–Trinajstić information content (AvgIpc) is 3.09. The second-order valence-corrected chi connectivity index (χ2v) is 5.80. The van der Waals surface area contributed by atoms with Crippen molar-refractivity contribution in [1.29, 1.82) is 0 Å². The maximum absolute atomic E-state index is 6.31. The van der Waals surface area contributed by atoms with Crippen LogP contribution in [0.1, 0.15) is 25.0 Å². The van der Waals surface area contributed by atoms with Gasteiger partial charge >= 0.3 is 0 Å². The van der Waals surface area contributed by atoms with Gasteiger partial charge in [-0.05, 0) is 42.0 Å². The second kappa shape index (κ2) is 7.33. The third-order valence-electron chi connectivity index (χ3n) is 3.53. The van der Waals surface area contributed by atoms with Gasteiger partial charge in [0.25, 0.3) is 0 Å². The molecule has 3 aromatic rings. The molecule has 2 aromatic heterocycles. The average molecular weight is 313 g/mol. The van der Waals surface area contributed by atoms with E-state index < -0.39 is 0 Å². The molecule has 0 aliphatic rings. The topological polar surface area (TPSA) is 47.0 Å². The Morgan fingerprint density at radius 2 is 2.27 bits per heavy atom. The minimum Gasteiger partial charge on any atom is -0.485 e. The van der Waals surface area contributed by atoms with E-state index in [1.165, 1.54) is 5.56 Å². The van der Waals surface area contributed by atoms with Crippen LogP contribution < -0.4 is 10.1 Å². The van der Waals surface area contributed by atoms with Crippen LogP contribution in [0.2, 0.25) is 0 Å². The van der Waals surface area contributed by atoms with E-state index >= 15 is 0 Å². The summed E-state index contributed by atoms with van der Waals surface area (Å²) >= 11 is 1.70. The Morgan fingerprint density at radius 3 is 3.09 bits per heavy atom. The van der Waals surface area contributed by atoms with Gasteiger partial charge in [0.1, 0.15) is 18.2 Å². The van der Waals surface area contributed by atoms with E-state index in [9.17, 15) is 0 Å². The molecule has 0 aliphatic carbocycles. The monoisotopic (exact) mass is 313 g/mol. The van der Waals surface area contributed by atoms with Gasteiger partial charge in [-0.3, -0.25) is 0 Å². The Labute approximate surface area is 134 Å². The molecule has 1 unspecified atom stereocenters. The number of hydrogen-bond acceptors (Lipinski definition) is 5. The van der Waals surface area contributed by atoms with Gasteiger partial charge in [-0.15, -0.1) is 0 Å². The number of benzene rings is 1. The number of ether oxygens (including phenoxy) is 1. The fraction of sp³-hybridized carbons (Fsp3) is 0.294. The van der Waals surface area contributed by atoms with Crippen molar-refractivity contribution in [3.8, 4) is 5.75 Å². The highest BCUT2D eigenvalue weighted by Crippen LogP contribution is 2.30. The van der Waals surface area contributed by atoms with Gasteiger partial charge in [0.15, 0.2) is 0 Å². The fourth-order valence-corrected chi connectivity index (χ4v) is 3.10. The molecule has 5 heteroatoms. The number of nitrogens with one attached hydrogen (secondary N) is 1. The van der Waals surface area contributed by atoms with Gasteiger partial charge in [-0.2, -0.15) is 11.3 Å². The first-order valence-electron chi connectivity index (χ1n) is 7.46. The molecular formula is C17H19N3OS. The first-order chi connectivity index (χ1) is 10.9. The third kappa shape index (κ3) is 3.43. The minimum atomic E-state index is 0.0381. The zero-order valence-corrected chi connectivity index (χ0v) is 13.3. The van der Waals surface area contributed by atoms with Crippen molar-refractivity contribution in [2.45, 2.75) is 19.4 Å². The molecule has 0 radical (unpaired) electrons. The maximum atomic E-state index is 6.31. The highest BCUT2D eigenvalue weighted by Gasteiger charge is 2.15. The van der Waals surface area contributed by atoms with Gasteiger partial charge in [0.05, 0.1) is 10.9 Å². The summed E-state index contributed by atoms with van der Waals surface area (Å²) in [6, 6.07) is 8.06. The van der Waals surface area contributed by atoms with Gasteiger partial charge in [-0.25, -0.2) is 9.97 Å². The van der Waals surface area contributed by atoms with Crippen LogP contribution in [0.15, 0.2) is 47.5 Å². The fourth-order valence-electron chi connectivity index (χ4n) is 2.40. The van der Waals surface area contributed by atoms with E-state index in [2.05, 4.69) is 39.0 Å². The summed E-state index contributed by atoms with van der Waals surface area (Å²) in [7, 11) is 0. The lowest BCUT2D eigenvalue weighted by Crippen LogP contribution is -2.19. The molecule has 0 saturated carbocycles. The molecule has 0 saturated heterocycles. The van der Waals surface area contributed by atoms with E-state index in [1.807, 2.05) is 24.4 Å². The van der Waals surface area contributed by atoms with Crippen LogP contribution >= 0.6 is 11.3 Å². The van der Waals surface area contributed by atoms with Crippen LogP contribution in [0.5, 0.6) is 5.75 Å². The largest absolute Gasteiger partial charge is 0.485 e. The molecule has 114 valence electrons. The number of thiophene rings is 1. The summed E-state index contributed by atoms with van der Waals surface area (Å²) in [6.07, 6.45) is 4.34. The quantitative estimate of drug-likeness (QED) is 0.674. The molecule has 3 rings (SSSR count). The molecule has 0 fully saturated rings. The van der Waals surface area contributed by atoms with E-state index in [4.69, 9.17) is 4.74 Å². The van der Waals surface area contributed by atoms with Crippen molar-refractivity contribution in [3.05, 3.63) is 53.1 Å². The number of hydrogen-bond donors (Lipinski definition) is 1. The van der Waals surface area contributed by atoms with Crippen molar-refractivity contribution < 1.29 is 4.74 Å². The lowest BCUT2D eigenvalue weighted by molar-refractivity contribution is 0.197. The SMILES string of the molecule is CCNCCC(Oc1cccc2ncncc12)c1ccsc1. The first-order valence-corrected chi connectivity index (χ1v) is 8.41. The Morgan fingerprint density at radius 1 is 1.32 bits per heavy atom. The molecule has 1 atom stereocenters. The highest BCUT2D eigenvalue weighted by atomic mass is 32.1. The molecular weight excluding hydrogens is 294 g/mol. The zero-order chi connectivity index (χ0) is 15.2. The molecule has 1 N–H and O–H groups in total. The summed E-state index contributed by atoms with van der Waals surface area (Å²) in [5, 5.41) is 8.55. The van der Waals surface area contributed by atoms with Gasteiger partial charge < -0.3 is 10.1 Å². The van der Waals surface area contributed by atoms with E-state index in [1.54, 1.807) is 17.7 Å². The zero-order valence-electron chi connectivity index (χ0n) is 12.5.